The molecule has 4 nitrogen and oxygen atoms in total. The van der Waals surface area contributed by atoms with Crippen molar-refractivity contribution in [1.29, 1.82) is 0 Å². The van der Waals surface area contributed by atoms with Crippen LogP contribution in [0.1, 0.15) is 58.8 Å². The van der Waals surface area contributed by atoms with Gasteiger partial charge in [0.15, 0.2) is 5.78 Å². The molecule has 0 radical (unpaired) electrons. The Hall–Kier alpha value is -3.53. The van der Waals surface area contributed by atoms with E-state index in [2.05, 4.69) is 31.2 Å². The fourth-order valence-electron chi connectivity index (χ4n) is 6.65. The zero-order valence-electron chi connectivity index (χ0n) is 18.0. The van der Waals surface area contributed by atoms with Crippen molar-refractivity contribution < 1.29 is 14.4 Å². The molecule has 1 fully saturated rings. The number of imide groups is 1. The summed E-state index contributed by atoms with van der Waals surface area (Å²) < 4.78 is 0. The van der Waals surface area contributed by atoms with Crippen LogP contribution in [0.3, 0.4) is 0 Å². The zero-order valence-corrected chi connectivity index (χ0v) is 18.0. The highest BCUT2D eigenvalue weighted by Gasteiger charge is 2.67. The van der Waals surface area contributed by atoms with Crippen LogP contribution in [0.2, 0.25) is 0 Å². The number of benzene rings is 3. The average molecular weight is 421 g/mol. The summed E-state index contributed by atoms with van der Waals surface area (Å²) in [6, 6.07) is 23.5. The second kappa shape index (κ2) is 6.49. The SMILES string of the molecule is CCC12c3ccccc3C(c3ccccc31)[C@@H]1C(=O)N(c3cccc(C(C)=O)c3)C(=O)[C@H]12. The van der Waals surface area contributed by atoms with Crippen molar-refractivity contribution in [2.24, 2.45) is 11.8 Å². The van der Waals surface area contributed by atoms with Crippen LogP contribution in [-0.4, -0.2) is 17.6 Å². The molecule has 158 valence electrons. The Labute approximate surface area is 186 Å². The predicted molar refractivity (Wildman–Crippen MR) is 122 cm³/mol. The van der Waals surface area contributed by atoms with Gasteiger partial charge in [-0.1, -0.05) is 67.6 Å². The van der Waals surface area contributed by atoms with Crippen molar-refractivity contribution in [1.82, 2.24) is 0 Å². The monoisotopic (exact) mass is 421 g/mol. The highest BCUT2D eigenvalue weighted by Crippen LogP contribution is 2.65. The Morgan fingerprint density at radius 2 is 1.50 bits per heavy atom. The summed E-state index contributed by atoms with van der Waals surface area (Å²) >= 11 is 0. The molecule has 1 saturated heterocycles. The Balaban J connectivity index is 1.61. The lowest BCUT2D eigenvalue weighted by Gasteiger charge is -2.54. The minimum atomic E-state index is -0.535. The van der Waals surface area contributed by atoms with Crippen molar-refractivity contribution in [3.05, 3.63) is 101 Å². The van der Waals surface area contributed by atoms with Crippen LogP contribution in [0.15, 0.2) is 72.8 Å². The fourth-order valence-corrected chi connectivity index (χ4v) is 6.65. The van der Waals surface area contributed by atoms with Gasteiger partial charge in [0.2, 0.25) is 11.8 Å². The molecule has 0 unspecified atom stereocenters. The quantitative estimate of drug-likeness (QED) is 0.449. The van der Waals surface area contributed by atoms with E-state index in [-0.39, 0.29) is 23.5 Å². The minimum absolute atomic E-state index is 0.0896. The molecular weight excluding hydrogens is 398 g/mol. The van der Waals surface area contributed by atoms with Crippen molar-refractivity contribution in [3.63, 3.8) is 0 Å². The fraction of sp³-hybridized carbons (Fsp3) is 0.250. The van der Waals surface area contributed by atoms with E-state index >= 15 is 0 Å². The first-order chi connectivity index (χ1) is 15.5. The van der Waals surface area contributed by atoms with E-state index in [1.54, 1.807) is 24.3 Å². The van der Waals surface area contributed by atoms with Gasteiger partial charge in [-0.25, -0.2) is 4.90 Å². The Morgan fingerprint density at radius 3 is 2.09 bits per heavy atom. The molecule has 3 aliphatic carbocycles. The summed E-state index contributed by atoms with van der Waals surface area (Å²) in [5.41, 5.74) is 5.12. The number of anilines is 1. The van der Waals surface area contributed by atoms with Gasteiger partial charge >= 0.3 is 0 Å². The third kappa shape index (κ3) is 2.15. The minimum Gasteiger partial charge on any atom is -0.295 e. The smallest absolute Gasteiger partial charge is 0.238 e. The topological polar surface area (TPSA) is 54.5 Å². The average Bonchev–Trinajstić information content (AvgIpc) is 3.10. The number of hydrogen-bond acceptors (Lipinski definition) is 3. The van der Waals surface area contributed by atoms with Gasteiger partial charge in [0.05, 0.1) is 17.5 Å². The number of rotatable bonds is 3. The molecule has 1 aliphatic heterocycles. The maximum atomic E-state index is 14.0. The molecule has 1 heterocycles. The molecule has 2 bridgehead atoms. The second-order valence-electron chi connectivity index (χ2n) is 9.10. The normalized spacial score (nSPS) is 27.2. The van der Waals surface area contributed by atoms with E-state index in [0.717, 1.165) is 17.5 Å². The van der Waals surface area contributed by atoms with Gasteiger partial charge in [0.25, 0.3) is 0 Å². The van der Waals surface area contributed by atoms with Gasteiger partial charge in [0, 0.05) is 16.9 Å². The van der Waals surface area contributed by atoms with Gasteiger partial charge in [0.1, 0.15) is 0 Å². The first kappa shape index (κ1) is 19.2. The number of carbonyl (C=O) groups excluding carboxylic acids is 3. The molecule has 32 heavy (non-hydrogen) atoms. The first-order valence-electron chi connectivity index (χ1n) is 11.2. The lowest BCUT2D eigenvalue weighted by atomic mass is 9.46. The van der Waals surface area contributed by atoms with Crippen molar-refractivity contribution >= 4 is 23.3 Å². The van der Waals surface area contributed by atoms with Crippen LogP contribution in [0, 0.1) is 11.8 Å². The van der Waals surface area contributed by atoms with Gasteiger partial charge in [-0.15, -0.1) is 0 Å². The van der Waals surface area contributed by atoms with E-state index in [9.17, 15) is 14.4 Å². The number of ketones is 1. The van der Waals surface area contributed by atoms with E-state index in [1.807, 2.05) is 24.3 Å². The number of nitrogens with zero attached hydrogens (tertiary/aromatic N) is 1. The van der Waals surface area contributed by atoms with Crippen molar-refractivity contribution in [2.45, 2.75) is 31.6 Å². The molecule has 0 aromatic heterocycles. The van der Waals surface area contributed by atoms with Gasteiger partial charge < -0.3 is 0 Å². The van der Waals surface area contributed by atoms with E-state index in [4.69, 9.17) is 0 Å². The second-order valence-corrected chi connectivity index (χ2v) is 9.10. The van der Waals surface area contributed by atoms with Gasteiger partial charge in [-0.2, -0.15) is 0 Å². The summed E-state index contributed by atoms with van der Waals surface area (Å²) in [5, 5.41) is 0. The van der Waals surface area contributed by atoms with E-state index < -0.39 is 17.3 Å². The number of hydrogen-bond donors (Lipinski definition) is 0. The number of amides is 2. The molecule has 4 aliphatic rings. The largest absolute Gasteiger partial charge is 0.295 e. The number of carbonyl (C=O) groups is 3. The lowest BCUT2D eigenvalue weighted by molar-refractivity contribution is -0.123. The Morgan fingerprint density at radius 1 is 0.875 bits per heavy atom. The zero-order chi connectivity index (χ0) is 22.2. The van der Waals surface area contributed by atoms with Crippen LogP contribution in [-0.2, 0) is 15.0 Å². The summed E-state index contributed by atoms with van der Waals surface area (Å²) in [4.78, 5) is 41.2. The predicted octanol–water partition coefficient (Wildman–Crippen LogP) is 4.85. The Bertz CT molecular complexity index is 1280. The molecule has 3 aromatic carbocycles. The maximum absolute atomic E-state index is 14.0. The Kier molecular flexibility index (Phi) is 3.89. The molecular formula is C28H23NO3. The molecule has 7 rings (SSSR count). The van der Waals surface area contributed by atoms with Crippen LogP contribution in [0.5, 0.6) is 0 Å². The van der Waals surface area contributed by atoms with Crippen LogP contribution < -0.4 is 4.90 Å². The summed E-state index contributed by atoms with van der Waals surface area (Å²) in [6.45, 7) is 3.61. The third-order valence-electron chi connectivity index (χ3n) is 7.86. The number of Topliss-reactive ketones (excluding diaryl/α,β-unsaturated/α-hetero) is 1. The maximum Gasteiger partial charge on any atom is 0.238 e. The van der Waals surface area contributed by atoms with Crippen molar-refractivity contribution in [2.75, 3.05) is 4.90 Å². The molecule has 3 aromatic rings. The summed E-state index contributed by atoms with van der Waals surface area (Å²) in [5.74, 6) is -1.43. The van der Waals surface area contributed by atoms with Gasteiger partial charge in [-0.05, 0) is 47.7 Å². The van der Waals surface area contributed by atoms with Crippen LogP contribution in [0.4, 0.5) is 5.69 Å². The first-order valence-corrected chi connectivity index (χ1v) is 11.2. The molecule has 0 saturated carbocycles. The van der Waals surface area contributed by atoms with Gasteiger partial charge in [-0.3, -0.25) is 14.4 Å². The van der Waals surface area contributed by atoms with Crippen LogP contribution >= 0.6 is 0 Å². The van der Waals surface area contributed by atoms with E-state index in [0.29, 0.717) is 11.3 Å². The lowest BCUT2D eigenvalue weighted by Crippen LogP contribution is -2.53. The van der Waals surface area contributed by atoms with Crippen molar-refractivity contribution in [3.8, 4) is 0 Å². The molecule has 2 amide bonds. The highest BCUT2D eigenvalue weighted by atomic mass is 16.2. The highest BCUT2D eigenvalue weighted by molar-refractivity contribution is 6.24. The molecule has 2 atom stereocenters. The van der Waals surface area contributed by atoms with Crippen LogP contribution in [0.25, 0.3) is 0 Å². The van der Waals surface area contributed by atoms with E-state index in [1.165, 1.54) is 23.0 Å². The third-order valence-corrected chi connectivity index (χ3v) is 7.86. The molecule has 4 heteroatoms. The molecule has 0 N–H and O–H groups in total. The molecule has 0 spiro atoms. The summed E-state index contributed by atoms with van der Waals surface area (Å²) in [6.07, 6.45) is 0.731. The standard InChI is InChI=1S/C28H23NO3/c1-3-28-21-13-6-4-11-19(21)23(20-12-5-7-14-22(20)28)24-25(28)27(32)29(26(24)31)18-10-8-9-17(15-18)16(2)30/h4-15,23-25H,3H2,1-2H3/t23?,24-,25-,28?/m0/s1. The summed E-state index contributed by atoms with van der Waals surface area (Å²) in [7, 11) is 0.